The van der Waals surface area contributed by atoms with E-state index in [9.17, 15) is 9.18 Å². The van der Waals surface area contributed by atoms with Crippen LogP contribution in [-0.4, -0.2) is 55.4 Å². The van der Waals surface area contributed by atoms with Gasteiger partial charge in [-0.1, -0.05) is 17.3 Å². The van der Waals surface area contributed by atoms with Crippen molar-refractivity contribution in [2.24, 2.45) is 0 Å². The molecule has 7 heteroatoms. The van der Waals surface area contributed by atoms with Gasteiger partial charge in [0.2, 0.25) is 5.91 Å². The van der Waals surface area contributed by atoms with E-state index in [1.165, 1.54) is 34.5 Å². The molecule has 0 bridgehead atoms. The molecule has 2 aromatic carbocycles. The summed E-state index contributed by atoms with van der Waals surface area (Å²) in [7, 11) is 0. The van der Waals surface area contributed by atoms with Crippen molar-refractivity contribution in [1.29, 1.82) is 0 Å². The van der Waals surface area contributed by atoms with Gasteiger partial charge < -0.3 is 19.1 Å². The summed E-state index contributed by atoms with van der Waals surface area (Å²) < 4.78 is 24.7. The van der Waals surface area contributed by atoms with E-state index >= 15 is 0 Å². The zero-order valence-corrected chi connectivity index (χ0v) is 19.4. The second kappa shape index (κ2) is 9.12. The summed E-state index contributed by atoms with van der Waals surface area (Å²) in [6.45, 7) is 5.24. The summed E-state index contributed by atoms with van der Waals surface area (Å²) in [5.41, 5.74) is 6.67. The van der Waals surface area contributed by atoms with Gasteiger partial charge >= 0.3 is 0 Å². The minimum absolute atomic E-state index is 0.274. The molecule has 6 rings (SSSR count). The number of aryl methyl sites for hydroxylation is 1. The van der Waals surface area contributed by atoms with Gasteiger partial charge in [0.25, 0.3) is 0 Å². The highest BCUT2D eigenvalue weighted by Gasteiger charge is 2.31. The third kappa shape index (κ3) is 4.12. The van der Waals surface area contributed by atoms with Crippen LogP contribution in [0.2, 0.25) is 0 Å². The first-order valence-corrected chi connectivity index (χ1v) is 12.5. The zero-order chi connectivity index (χ0) is 23.1. The first-order chi connectivity index (χ1) is 16.7. The van der Waals surface area contributed by atoms with Gasteiger partial charge in [-0.2, -0.15) is 0 Å². The maximum Gasteiger partial charge on any atom is 0.227 e. The van der Waals surface area contributed by atoms with E-state index in [0.29, 0.717) is 17.9 Å². The number of likely N-dealkylation sites (tertiary alicyclic amines) is 1. The number of amides is 1. The number of ether oxygens (including phenoxy) is 1. The Bertz CT molecular complexity index is 1220. The molecule has 34 heavy (non-hydrogen) atoms. The number of benzene rings is 2. The van der Waals surface area contributed by atoms with Gasteiger partial charge in [0, 0.05) is 36.9 Å². The summed E-state index contributed by atoms with van der Waals surface area (Å²) in [5, 5.41) is 5.18. The quantitative estimate of drug-likeness (QED) is 0.491. The maximum atomic E-state index is 13.4. The van der Waals surface area contributed by atoms with E-state index in [2.05, 4.69) is 22.2 Å². The van der Waals surface area contributed by atoms with Crippen LogP contribution in [-0.2, 0) is 28.8 Å². The molecule has 1 fully saturated rings. The van der Waals surface area contributed by atoms with E-state index in [1.54, 1.807) is 6.07 Å². The molecule has 1 saturated heterocycles. The minimum atomic E-state index is -0.293. The molecule has 178 valence electrons. The SMILES string of the molecule is O=C1CCc2cc(CCOCCN3CCC(c4noc5cc(F)ccc45)CC3)cc3c2N1CC3. The molecule has 3 aromatic rings. The van der Waals surface area contributed by atoms with E-state index in [-0.39, 0.29) is 11.7 Å². The predicted octanol–water partition coefficient (Wildman–Crippen LogP) is 4.24. The number of carbonyl (C=O) groups excluding carboxylic acids is 1. The second-order valence-corrected chi connectivity index (χ2v) is 9.74. The van der Waals surface area contributed by atoms with Crippen molar-refractivity contribution < 1.29 is 18.4 Å². The third-order valence-corrected chi connectivity index (χ3v) is 7.63. The summed E-state index contributed by atoms with van der Waals surface area (Å²) in [6.07, 6.45) is 5.43. The molecule has 0 spiro atoms. The fraction of sp³-hybridized carbons (Fsp3) is 0.481. The molecule has 4 heterocycles. The number of halogens is 1. The monoisotopic (exact) mass is 463 g/mol. The van der Waals surface area contributed by atoms with Crippen molar-refractivity contribution in [2.75, 3.05) is 44.3 Å². The Morgan fingerprint density at radius 1 is 1.03 bits per heavy atom. The average molecular weight is 464 g/mol. The third-order valence-electron chi connectivity index (χ3n) is 7.63. The topological polar surface area (TPSA) is 58.8 Å². The highest BCUT2D eigenvalue weighted by atomic mass is 19.1. The number of rotatable bonds is 7. The Hall–Kier alpha value is -2.77. The molecule has 0 aliphatic carbocycles. The second-order valence-electron chi connectivity index (χ2n) is 9.74. The van der Waals surface area contributed by atoms with Gasteiger partial charge in [-0.3, -0.25) is 4.79 Å². The van der Waals surface area contributed by atoms with Gasteiger partial charge in [0.1, 0.15) is 5.82 Å². The van der Waals surface area contributed by atoms with Crippen LogP contribution in [0, 0.1) is 5.82 Å². The highest BCUT2D eigenvalue weighted by Crippen LogP contribution is 2.37. The maximum absolute atomic E-state index is 13.4. The van der Waals surface area contributed by atoms with Crippen molar-refractivity contribution in [1.82, 2.24) is 10.1 Å². The number of nitrogens with zero attached hydrogens (tertiary/aromatic N) is 3. The Morgan fingerprint density at radius 2 is 1.85 bits per heavy atom. The molecule has 3 aliphatic heterocycles. The van der Waals surface area contributed by atoms with E-state index in [0.717, 1.165) is 82.6 Å². The molecule has 1 aromatic heterocycles. The Morgan fingerprint density at radius 3 is 2.71 bits per heavy atom. The lowest BCUT2D eigenvalue weighted by atomic mass is 9.91. The molecule has 0 atom stereocenters. The zero-order valence-electron chi connectivity index (χ0n) is 19.4. The number of carbonyl (C=O) groups is 1. The average Bonchev–Trinajstić information content (AvgIpc) is 3.47. The van der Waals surface area contributed by atoms with Crippen LogP contribution in [0.5, 0.6) is 0 Å². The van der Waals surface area contributed by atoms with Crippen LogP contribution in [0.15, 0.2) is 34.9 Å². The van der Waals surface area contributed by atoms with Gasteiger partial charge in [-0.05, 0) is 74.0 Å². The van der Waals surface area contributed by atoms with Crippen molar-refractivity contribution >= 4 is 22.6 Å². The van der Waals surface area contributed by atoms with Gasteiger partial charge in [0.15, 0.2) is 5.58 Å². The Kier molecular flexibility index (Phi) is 5.83. The van der Waals surface area contributed by atoms with Gasteiger partial charge in [-0.25, -0.2) is 4.39 Å². The van der Waals surface area contributed by atoms with Crippen LogP contribution in [0.1, 0.15) is 47.6 Å². The van der Waals surface area contributed by atoms with Crippen LogP contribution in [0.25, 0.3) is 11.0 Å². The van der Waals surface area contributed by atoms with Gasteiger partial charge in [-0.15, -0.1) is 0 Å². The van der Waals surface area contributed by atoms with E-state index in [4.69, 9.17) is 9.26 Å². The molecule has 6 nitrogen and oxygen atoms in total. The van der Waals surface area contributed by atoms with Crippen LogP contribution in [0.4, 0.5) is 10.1 Å². The molecule has 0 N–H and O–H groups in total. The molecular weight excluding hydrogens is 433 g/mol. The number of anilines is 1. The van der Waals surface area contributed by atoms with Crippen molar-refractivity contribution in [3.05, 3.63) is 58.5 Å². The van der Waals surface area contributed by atoms with E-state index < -0.39 is 0 Å². The standard InChI is InChI=1S/C27H30FN3O3/c28-22-2-3-23-24(17-22)34-29-26(23)19-5-9-30(10-6-19)12-14-33-13-8-18-15-20-1-4-25(32)31-11-7-21(16-18)27(20)31/h2-3,15-17,19H,1,4-14H2. The van der Waals surface area contributed by atoms with Crippen LogP contribution >= 0.6 is 0 Å². The normalized spacial score (nSPS) is 18.7. The van der Waals surface area contributed by atoms with Gasteiger partial charge in [0.05, 0.1) is 24.6 Å². The number of fused-ring (bicyclic) bond motifs is 1. The summed E-state index contributed by atoms with van der Waals surface area (Å²) in [4.78, 5) is 16.5. The van der Waals surface area contributed by atoms with Crippen LogP contribution in [0.3, 0.4) is 0 Å². The number of aromatic nitrogens is 1. The summed E-state index contributed by atoms with van der Waals surface area (Å²) >= 11 is 0. The van der Waals surface area contributed by atoms with Crippen molar-refractivity contribution in [3.8, 4) is 0 Å². The number of hydrogen-bond donors (Lipinski definition) is 0. The van der Waals surface area contributed by atoms with Crippen LogP contribution < -0.4 is 4.90 Å². The molecular formula is C27H30FN3O3. The molecule has 3 aliphatic rings. The Balaban J connectivity index is 0.952. The first kappa shape index (κ1) is 21.7. The largest absolute Gasteiger partial charge is 0.380 e. The molecule has 0 radical (unpaired) electrons. The number of piperidine rings is 1. The minimum Gasteiger partial charge on any atom is -0.380 e. The lowest BCUT2D eigenvalue weighted by Gasteiger charge is -2.31. The van der Waals surface area contributed by atoms with Crippen molar-refractivity contribution in [2.45, 2.75) is 44.4 Å². The molecule has 1 amide bonds. The van der Waals surface area contributed by atoms with Crippen molar-refractivity contribution in [3.63, 3.8) is 0 Å². The van der Waals surface area contributed by atoms with E-state index in [1.807, 2.05) is 4.90 Å². The molecule has 0 unspecified atom stereocenters. The number of hydrogen-bond acceptors (Lipinski definition) is 5. The summed E-state index contributed by atoms with van der Waals surface area (Å²) in [6, 6.07) is 9.21. The summed E-state index contributed by atoms with van der Waals surface area (Å²) in [5.74, 6) is 0.339. The lowest BCUT2D eigenvalue weighted by Crippen LogP contribution is -2.35. The lowest BCUT2D eigenvalue weighted by molar-refractivity contribution is -0.118. The molecule has 0 saturated carbocycles. The highest BCUT2D eigenvalue weighted by molar-refractivity contribution is 5.98. The fourth-order valence-electron chi connectivity index (χ4n) is 5.82. The Labute approximate surface area is 198 Å². The fourth-order valence-corrected chi connectivity index (χ4v) is 5.82. The smallest absolute Gasteiger partial charge is 0.227 e. The predicted molar refractivity (Wildman–Crippen MR) is 128 cm³/mol. The first-order valence-electron chi connectivity index (χ1n) is 12.5.